The minimum Gasteiger partial charge on any atom is -0.469 e. The van der Waals surface area contributed by atoms with E-state index in [-0.39, 0.29) is 0 Å². The number of nitrogens with two attached hydrogens (primary N) is 1. The number of rotatable bonds is 5. The van der Waals surface area contributed by atoms with Gasteiger partial charge in [-0.15, -0.1) is 11.3 Å². The number of hydrogen-bond donors (Lipinski definition) is 1. The lowest BCUT2D eigenvalue weighted by Crippen LogP contribution is -1.92. The molecule has 0 radical (unpaired) electrons. The van der Waals surface area contributed by atoms with Gasteiger partial charge in [-0.3, -0.25) is 0 Å². The van der Waals surface area contributed by atoms with Crippen molar-refractivity contribution in [1.82, 2.24) is 0 Å². The van der Waals surface area contributed by atoms with Crippen LogP contribution in [0.25, 0.3) is 5.57 Å². The molecule has 1 aromatic rings. The summed E-state index contributed by atoms with van der Waals surface area (Å²) in [4.78, 5) is 0. The van der Waals surface area contributed by atoms with E-state index < -0.39 is 0 Å². The lowest BCUT2D eigenvalue weighted by Gasteiger charge is -2.05. The summed E-state index contributed by atoms with van der Waals surface area (Å²) in [5.74, 6) is 0.344. The number of nitrogens with zero attached hydrogens (tertiary/aromatic N) is 1. The average molecular weight is 262 g/mol. The fourth-order valence-electron chi connectivity index (χ4n) is 1.37. The number of nitrogen functional groups attached to an aromatic ring is 1. The number of ether oxygens (including phenoxy) is 2. The molecule has 0 saturated carbocycles. The van der Waals surface area contributed by atoms with E-state index in [0.717, 1.165) is 11.1 Å². The van der Waals surface area contributed by atoms with Crippen molar-refractivity contribution in [2.24, 2.45) is 0 Å². The van der Waals surface area contributed by atoms with Crippen molar-refractivity contribution in [3.8, 4) is 6.07 Å². The molecule has 0 unspecified atom stereocenters. The van der Waals surface area contributed by atoms with Gasteiger partial charge in [0, 0.05) is 17.0 Å². The van der Waals surface area contributed by atoms with E-state index in [1.165, 1.54) is 25.6 Å². The van der Waals surface area contributed by atoms with Gasteiger partial charge in [0.1, 0.15) is 11.1 Å². The second kappa shape index (κ2) is 6.52. The lowest BCUT2D eigenvalue weighted by molar-refractivity contribution is 0.0959. The van der Waals surface area contributed by atoms with Crippen LogP contribution in [0.1, 0.15) is 11.1 Å². The first-order valence-corrected chi connectivity index (χ1v) is 5.95. The maximum atomic E-state index is 9.09. The Labute approximate surface area is 110 Å². The van der Waals surface area contributed by atoms with Gasteiger partial charge < -0.3 is 15.2 Å². The van der Waals surface area contributed by atoms with E-state index in [1.54, 1.807) is 18.2 Å². The molecule has 0 amide bonds. The fraction of sp³-hybridized carbons (Fsp3) is 0.154. The summed E-state index contributed by atoms with van der Waals surface area (Å²) in [5, 5.41) is 11.4. The van der Waals surface area contributed by atoms with Gasteiger partial charge in [0.2, 0.25) is 0 Å². The van der Waals surface area contributed by atoms with Crippen LogP contribution >= 0.6 is 11.3 Å². The van der Waals surface area contributed by atoms with Gasteiger partial charge in [-0.1, -0.05) is 18.7 Å². The third-order valence-corrected chi connectivity index (χ3v) is 3.03. The summed E-state index contributed by atoms with van der Waals surface area (Å²) >= 11 is 1.32. The first-order chi connectivity index (χ1) is 8.67. The summed E-state index contributed by atoms with van der Waals surface area (Å²) < 4.78 is 10.1. The lowest BCUT2D eigenvalue weighted by atomic mass is 10.0. The highest BCUT2D eigenvalue weighted by molar-refractivity contribution is 7.14. The van der Waals surface area contributed by atoms with Crippen LogP contribution in [0.5, 0.6) is 0 Å². The monoisotopic (exact) mass is 262 g/mol. The summed E-state index contributed by atoms with van der Waals surface area (Å²) in [6.07, 6.45) is 5.08. The number of hydrogen-bond acceptors (Lipinski definition) is 5. The summed E-state index contributed by atoms with van der Waals surface area (Å²) in [6, 6.07) is 2.09. The van der Waals surface area contributed by atoms with Gasteiger partial charge in [0.05, 0.1) is 19.8 Å². The maximum Gasteiger partial charge on any atom is 0.279 e. The fourth-order valence-corrected chi connectivity index (χ4v) is 2.14. The minimum absolute atomic E-state index is 0.344. The van der Waals surface area contributed by atoms with Gasteiger partial charge in [-0.2, -0.15) is 5.26 Å². The van der Waals surface area contributed by atoms with Crippen molar-refractivity contribution in [2.45, 2.75) is 0 Å². The van der Waals surface area contributed by atoms with Crippen LogP contribution in [0, 0.1) is 11.3 Å². The van der Waals surface area contributed by atoms with E-state index in [2.05, 4.69) is 12.6 Å². The largest absolute Gasteiger partial charge is 0.469 e. The average Bonchev–Trinajstić information content (AvgIpc) is 2.75. The standard InChI is InChI=1S/C13H14N2O2S/c1-4-5-9(6-12(16-2)17-3)11-8-18-13(15)10(11)7-14/h4-6,8H,1,15H2,2-3H3/b9-5+. The first kappa shape index (κ1) is 13.9. The summed E-state index contributed by atoms with van der Waals surface area (Å²) in [6.45, 7) is 3.65. The number of allylic oxidation sites excluding steroid dienone is 4. The van der Waals surface area contributed by atoms with Crippen LogP contribution in [-0.4, -0.2) is 14.2 Å². The van der Waals surface area contributed by atoms with E-state index in [4.69, 9.17) is 20.5 Å². The van der Waals surface area contributed by atoms with Gasteiger partial charge in [-0.05, 0) is 5.57 Å². The van der Waals surface area contributed by atoms with Gasteiger partial charge in [-0.25, -0.2) is 0 Å². The Bertz CT molecular complexity index is 530. The Kier molecular flexibility index (Phi) is 5.03. The topological polar surface area (TPSA) is 68.3 Å². The minimum atomic E-state index is 0.344. The molecule has 18 heavy (non-hydrogen) atoms. The van der Waals surface area contributed by atoms with Crippen molar-refractivity contribution >= 4 is 21.9 Å². The zero-order valence-corrected chi connectivity index (χ0v) is 11.1. The predicted octanol–water partition coefficient (Wildman–Crippen LogP) is 2.91. The normalized spacial score (nSPS) is 10.4. The molecule has 0 bridgehead atoms. The van der Waals surface area contributed by atoms with Gasteiger partial charge in [0.15, 0.2) is 0 Å². The van der Waals surface area contributed by atoms with Crippen molar-refractivity contribution < 1.29 is 9.47 Å². The molecule has 1 heterocycles. The number of anilines is 1. The Morgan fingerprint density at radius 3 is 2.67 bits per heavy atom. The SMILES string of the molecule is C=C/C=C(\C=C(OC)OC)c1csc(N)c1C#N. The molecule has 0 aliphatic heterocycles. The summed E-state index contributed by atoms with van der Waals surface area (Å²) in [5.41, 5.74) is 7.70. The maximum absolute atomic E-state index is 9.09. The van der Waals surface area contributed by atoms with Gasteiger partial charge in [0.25, 0.3) is 5.95 Å². The highest BCUT2D eigenvalue weighted by Gasteiger charge is 2.12. The quantitative estimate of drug-likeness (QED) is 0.654. The molecular weight excluding hydrogens is 248 g/mol. The van der Waals surface area contributed by atoms with Gasteiger partial charge >= 0.3 is 0 Å². The summed E-state index contributed by atoms with van der Waals surface area (Å²) in [7, 11) is 3.02. The van der Waals surface area contributed by atoms with Crippen molar-refractivity contribution in [3.05, 3.63) is 47.3 Å². The molecule has 0 saturated heterocycles. The number of thiophene rings is 1. The van der Waals surface area contributed by atoms with Crippen molar-refractivity contribution in [2.75, 3.05) is 20.0 Å². The Morgan fingerprint density at radius 2 is 2.17 bits per heavy atom. The zero-order chi connectivity index (χ0) is 13.5. The molecule has 2 N–H and O–H groups in total. The van der Waals surface area contributed by atoms with E-state index >= 15 is 0 Å². The molecule has 4 nitrogen and oxygen atoms in total. The highest BCUT2D eigenvalue weighted by Crippen LogP contribution is 2.31. The molecule has 94 valence electrons. The second-order valence-electron chi connectivity index (χ2n) is 3.23. The van der Waals surface area contributed by atoms with Crippen LogP contribution in [0.2, 0.25) is 0 Å². The number of nitriles is 1. The van der Waals surface area contributed by atoms with Crippen LogP contribution in [-0.2, 0) is 9.47 Å². The smallest absolute Gasteiger partial charge is 0.279 e. The zero-order valence-electron chi connectivity index (χ0n) is 10.3. The van der Waals surface area contributed by atoms with Crippen molar-refractivity contribution in [1.29, 1.82) is 5.26 Å². The van der Waals surface area contributed by atoms with E-state index in [1.807, 2.05) is 5.38 Å². The Morgan fingerprint density at radius 1 is 1.50 bits per heavy atom. The Hall–Kier alpha value is -2.19. The first-order valence-electron chi connectivity index (χ1n) is 5.07. The number of methoxy groups -OCH3 is 2. The van der Waals surface area contributed by atoms with Crippen LogP contribution in [0.4, 0.5) is 5.00 Å². The third kappa shape index (κ3) is 2.93. The predicted molar refractivity (Wildman–Crippen MR) is 73.7 cm³/mol. The molecule has 5 heteroatoms. The van der Waals surface area contributed by atoms with E-state index in [9.17, 15) is 0 Å². The molecule has 0 aliphatic carbocycles. The second-order valence-corrected chi connectivity index (χ2v) is 4.14. The molecule has 0 aliphatic rings. The molecule has 0 aromatic carbocycles. The Balaban J connectivity index is 3.31. The van der Waals surface area contributed by atoms with Crippen LogP contribution < -0.4 is 5.73 Å². The molecule has 1 aromatic heterocycles. The van der Waals surface area contributed by atoms with Crippen LogP contribution in [0.3, 0.4) is 0 Å². The third-order valence-electron chi connectivity index (χ3n) is 2.22. The molecule has 0 spiro atoms. The van der Waals surface area contributed by atoms with E-state index in [0.29, 0.717) is 16.5 Å². The van der Waals surface area contributed by atoms with Crippen LogP contribution in [0.15, 0.2) is 36.1 Å². The van der Waals surface area contributed by atoms with Crippen molar-refractivity contribution in [3.63, 3.8) is 0 Å². The molecule has 0 atom stereocenters. The molecule has 0 fully saturated rings. The molecular formula is C13H14N2O2S. The highest BCUT2D eigenvalue weighted by atomic mass is 32.1. The molecule has 1 rings (SSSR count).